The second-order valence-corrected chi connectivity index (χ2v) is 12.3. The van der Waals surface area contributed by atoms with Crippen LogP contribution in [0.3, 0.4) is 0 Å². The van der Waals surface area contributed by atoms with E-state index in [1.165, 1.54) is 0 Å². The standard InChI is InChI=1S/C26H43BN4O6/c1-17(2)20(30-23(33)35-24(3,4)5)21(32)31-12-10-18(11-13-31)16-34-22-28-14-19(15-29-22)27-36-25(6,7)26(8,9)37-27/h14-15,17-18,20H,10-13,16H2,1-9H3,(H,30,33). The molecular formula is C26H43BN4O6. The molecule has 11 heteroatoms. The van der Waals surface area contributed by atoms with Crippen molar-refractivity contribution in [1.29, 1.82) is 0 Å². The maximum absolute atomic E-state index is 13.1. The van der Waals surface area contributed by atoms with Crippen molar-refractivity contribution in [2.75, 3.05) is 19.7 Å². The van der Waals surface area contributed by atoms with Gasteiger partial charge in [-0.25, -0.2) is 14.8 Å². The lowest BCUT2D eigenvalue weighted by atomic mass is 9.81. The third-order valence-electron chi connectivity index (χ3n) is 7.15. The van der Waals surface area contributed by atoms with Crippen molar-refractivity contribution in [2.24, 2.45) is 11.8 Å². The lowest BCUT2D eigenvalue weighted by Gasteiger charge is -2.35. The van der Waals surface area contributed by atoms with Gasteiger partial charge in [-0.1, -0.05) is 13.8 Å². The highest BCUT2D eigenvalue weighted by molar-refractivity contribution is 6.61. The molecule has 0 spiro atoms. The summed E-state index contributed by atoms with van der Waals surface area (Å²) in [6.45, 7) is 18.9. The lowest BCUT2D eigenvalue weighted by Crippen LogP contribution is -2.53. The third-order valence-corrected chi connectivity index (χ3v) is 7.15. The summed E-state index contributed by atoms with van der Waals surface area (Å²) in [5.41, 5.74) is -0.727. The van der Waals surface area contributed by atoms with Crippen molar-refractivity contribution in [3.05, 3.63) is 12.4 Å². The first kappa shape index (κ1) is 29.2. The second kappa shape index (κ2) is 11.1. The third kappa shape index (κ3) is 7.57. The van der Waals surface area contributed by atoms with Crippen molar-refractivity contribution in [2.45, 2.75) is 98.0 Å². The predicted octanol–water partition coefficient (Wildman–Crippen LogP) is 2.94. The van der Waals surface area contributed by atoms with Crippen LogP contribution in [0.2, 0.25) is 0 Å². The molecular weight excluding hydrogens is 475 g/mol. The van der Waals surface area contributed by atoms with Crippen LogP contribution >= 0.6 is 0 Å². The smallest absolute Gasteiger partial charge is 0.463 e. The summed E-state index contributed by atoms with van der Waals surface area (Å²) in [5.74, 6) is 0.145. The Hall–Kier alpha value is -2.40. The molecule has 1 aromatic rings. The minimum absolute atomic E-state index is 0.0571. The number of piperidine rings is 1. The Morgan fingerprint density at radius 2 is 1.65 bits per heavy atom. The molecule has 206 valence electrons. The number of carbonyl (C=O) groups is 2. The Morgan fingerprint density at radius 3 is 2.14 bits per heavy atom. The number of ether oxygens (including phenoxy) is 2. The first-order valence-corrected chi connectivity index (χ1v) is 13.2. The van der Waals surface area contributed by atoms with Gasteiger partial charge >= 0.3 is 19.2 Å². The van der Waals surface area contributed by atoms with Gasteiger partial charge in [0, 0.05) is 30.9 Å². The Balaban J connectivity index is 1.46. The number of likely N-dealkylation sites (tertiary alicyclic amines) is 1. The van der Waals surface area contributed by atoms with Crippen LogP contribution in [0.15, 0.2) is 12.4 Å². The first-order valence-electron chi connectivity index (χ1n) is 13.2. The molecule has 37 heavy (non-hydrogen) atoms. The molecule has 10 nitrogen and oxygen atoms in total. The molecule has 1 unspecified atom stereocenters. The fourth-order valence-electron chi connectivity index (χ4n) is 4.16. The van der Waals surface area contributed by atoms with E-state index in [0.717, 1.165) is 18.3 Å². The molecule has 3 heterocycles. The second-order valence-electron chi connectivity index (χ2n) is 12.3. The van der Waals surface area contributed by atoms with Gasteiger partial charge in [0.15, 0.2) is 0 Å². The molecule has 3 rings (SSSR count). The zero-order chi connectivity index (χ0) is 27.6. The molecule has 0 saturated carbocycles. The van der Waals surface area contributed by atoms with E-state index < -0.39 is 36.1 Å². The first-order chi connectivity index (χ1) is 17.1. The maximum atomic E-state index is 13.1. The Labute approximate surface area is 221 Å². The zero-order valence-electron chi connectivity index (χ0n) is 23.8. The van der Waals surface area contributed by atoms with Crippen LogP contribution in [0.1, 0.15) is 75.2 Å². The molecule has 2 aliphatic heterocycles. The summed E-state index contributed by atoms with van der Waals surface area (Å²) < 4.78 is 23.3. The van der Waals surface area contributed by atoms with Crippen molar-refractivity contribution >= 4 is 24.6 Å². The molecule has 2 aliphatic rings. The number of hydrogen-bond donors (Lipinski definition) is 1. The topological polar surface area (TPSA) is 112 Å². The monoisotopic (exact) mass is 518 g/mol. The summed E-state index contributed by atoms with van der Waals surface area (Å²) >= 11 is 0. The molecule has 2 fully saturated rings. The van der Waals surface area contributed by atoms with E-state index in [4.69, 9.17) is 18.8 Å². The van der Waals surface area contributed by atoms with E-state index >= 15 is 0 Å². The molecule has 2 saturated heterocycles. The summed E-state index contributed by atoms with van der Waals surface area (Å²) in [7, 11) is -0.514. The Kier molecular flexibility index (Phi) is 8.79. The minimum Gasteiger partial charge on any atom is -0.463 e. The van der Waals surface area contributed by atoms with Gasteiger partial charge in [-0.2, -0.15) is 0 Å². The van der Waals surface area contributed by atoms with Gasteiger partial charge in [0.2, 0.25) is 5.91 Å². The van der Waals surface area contributed by atoms with E-state index in [9.17, 15) is 9.59 Å². The predicted molar refractivity (Wildman–Crippen MR) is 141 cm³/mol. The summed E-state index contributed by atoms with van der Waals surface area (Å²) in [6.07, 6.45) is 4.38. The van der Waals surface area contributed by atoms with Crippen molar-refractivity contribution in [3.8, 4) is 6.01 Å². The van der Waals surface area contributed by atoms with E-state index in [-0.39, 0.29) is 17.7 Å². The number of aromatic nitrogens is 2. The average Bonchev–Trinajstić information content (AvgIpc) is 3.01. The van der Waals surface area contributed by atoms with Gasteiger partial charge in [0.25, 0.3) is 0 Å². The van der Waals surface area contributed by atoms with E-state index in [0.29, 0.717) is 25.7 Å². The highest BCUT2D eigenvalue weighted by Crippen LogP contribution is 2.36. The van der Waals surface area contributed by atoms with E-state index in [2.05, 4.69) is 15.3 Å². The minimum atomic E-state index is -0.626. The number of rotatable bonds is 7. The average molecular weight is 518 g/mol. The number of nitrogens with one attached hydrogen (secondary N) is 1. The van der Waals surface area contributed by atoms with Crippen molar-refractivity contribution in [3.63, 3.8) is 0 Å². The van der Waals surface area contributed by atoms with Crippen molar-refractivity contribution < 1.29 is 28.4 Å². The fraction of sp³-hybridized carbons (Fsp3) is 0.769. The SMILES string of the molecule is CC(C)C(NC(=O)OC(C)(C)C)C(=O)N1CCC(COc2ncc(B3OC(C)(C)C(C)(C)O3)cn2)CC1. The van der Waals surface area contributed by atoms with Gasteiger partial charge in [-0.15, -0.1) is 0 Å². The molecule has 0 bridgehead atoms. The molecule has 2 amide bonds. The van der Waals surface area contributed by atoms with Crippen LogP contribution in [-0.2, 0) is 18.8 Å². The van der Waals surface area contributed by atoms with Crippen molar-refractivity contribution in [1.82, 2.24) is 20.2 Å². The Bertz CT molecular complexity index is 923. The number of amides is 2. The fourth-order valence-corrected chi connectivity index (χ4v) is 4.16. The van der Waals surface area contributed by atoms with Gasteiger partial charge < -0.3 is 29.0 Å². The quantitative estimate of drug-likeness (QED) is 0.549. The highest BCUT2D eigenvalue weighted by Gasteiger charge is 2.52. The van der Waals surface area contributed by atoms with Crippen LogP contribution in [-0.4, -0.2) is 76.5 Å². The molecule has 1 aromatic heterocycles. The zero-order valence-corrected chi connectivity index (χ0v) is 23.8. The number of carbonyl (C=O) groups excluding carboxylic acids is 2. The van der Waals surface area contributed by atoms with Crippen LogP contribution in [0.5, 0.6) is 6.01 Å². The van der Waals surface area contributed by atoms with Crippen LogP contribution in [0.4, 0.5) is 4.79 Å². The lowest BCUT2D eigenvalue weighted by molar-refractivity contribution is -0.136. The van der Waals surface area contributed by atoms with E-state index in [1.807, 2.05) is 46.4 Å². The van der Waals surface area contributed by atoms with Crippen LogP contribution in [0, 0.1) is 11.8 Å². The summed E-state index contributed by atoms with van der Waals surface area (Å²) in [4.78, 5) is 35.8. The van der Waals surface area contributed by atoms with Gasteiger partial charge in [-0.3, -0.25) is 4.79 Å². The summed E-state index contributed by atoms with van der Waals surface area (Å²) in [5, 5.41) is 2.75. The summed E-state index contributed by atoms with van der Waals surface area (Å²) in [6, 6.07) is -0.321. The number of hydrogen-bond acceptors (Lipinski definition) is 8. The molecule has 1 atom stereocenters. The largest absolute Gasteiger partial charge is 0.498 e. The van der Waals surface area contributed by atoms with Crippen LogP contribution in [0.25, 0.3) is 0 Å². The molecule has 1 N–H and O–H groups in total. The van der Waals surface area contributed by atoms with E-state index in [1.54, 1.807) is 33.2 Å². The van der Waals surface area contributed by atoms with Crippen LogP contribution < -0.4 is 15.5 Å². The van der Waals surface area contributed by atoms with Gasteiger partial charge in [-0.05, 0) is 73.1 Å². The highest BCUT2D eigenvalue weighted by atomic mass is 16.7. The number of nitrogens with zero attached hydrogens (tertiary/aromatic N) is 3. The number of alkyl carbamates (subject to hydrolysis) is 1. The molecule has 0 radical (unpaired) electrons. The normalized spacial score (nSPS) is 20.6. The molecule has 0 aliphatic carbocycles. The molecule has 0 aromatic carbocycles. The van der Waals surface area contributed by atoms with Gasteiger partial charge in [0.1, 0.15) is 11.6 Å². The van der Waals surface area contributed by atoms with Gasteiger partial charge in [0.05, 0.1) is 17.8 Å². The maximum Gasteiger partial charge on any atom is 0.498 e. The Morgan fingerprint density at radius 1 is 1.11 bits per heavy atom.